The zero-order valence-electron chi connectivity index (χ0n) is 14.4. The standard InChI is InChI=1S/C18H26ClN5/c1-12-13(2)23-18(20,11-16-10-14(19)8-9-21-16)24-17(12)22-15-6-4-3-5-7-15/h8-10,15,23H,3-7,11,20H2,1-2H3,(H,22,24). The van der Waals surface area contributed by atoms with Crippen molar-refractivity contribution in [1.29, 1.82) is 0 Å². The van der Waals surface area contributed by atoms with Crippen LogP contribution in [-0.4, -0.2) is 22.6 Å². The first-order chi connectivity index (χ1) is 11.5. The number of amidine groups is 1. The molecule has 24 heavy (non-hydrogen) atoms. The maximum atomic E-state index is 6.57. The average molecular weight is 348 g/mol. The van der Waals surface area contributed by atoms with Crippen LogP contribution >= 0.6 is 11.6 Å². The summed E-state index contributed by atoms with van der Waals surface area (Å²) in [6.45, 7) is 4.12. The first-order valence-corrected chi connectivity index (χ1v) is 9.04. The molecule has 1 aromatic heterocycles. The number of hydrogen-bond acceptors (Lipinski definition) is 4. The molecule has 1 unspecified atom stereocenters. The summed E-state index contributed by atoms with van der Waals surface area (Å²) in [5.74, 6) is 0.0945. The Morgan fingerprint density at radius 3 is 2.75 bits per heavy atom. The summed E-state index contributed by atoms with van der Waals surface area (Å²) in [5.41, 5.74) is 9.59. The van der Waals surface area contributed by atoms with E-state index in [2.05, 4.69) is 22.5 Å². The van der Waals surface area contributed by atoms with E-state index in [-0.39, 0.29) is 0 Å². The molecular formula is C18H26ClN5. The maximum absolute atomic E-state index is 6.57. The molecular weight excluding hydrogens is 322 g/mol. The molecule has 0 spiro atoms. The Hall–Kier alpha value is -1.59. The van der Waals surface area contributed by atoms with E-state index in [4.69, 9.17) is 22.3 Å². The van der Waals surface area contributed by atoms with Crippen LogP contribution in [0.3, 0.4) is 0 Å². The molecule has 3 rings (SSSR count). The van der Waals surface area contributed by atoms with Crippen molar-refractivity contribution in [3.8, 4) is 0 Å². The van der Waals surface area contributed by atoms with Crippen LogP contribution < -0.4 is 16.4 Å². The highest BCUT2D eigenvalue weighted by molar-refractivity contribution is 6.30. The van der Waals surface area contributed by atoms with Gasteiger partial charge >= 0.3 is 0 Å². The molecule has 2 aliphatic rings. The number of hydrogen-bond donors (Lipinski definition) is 3. The van der Waals surface area contributed by atoms with Gasteiger partial charge in [-0.3, -0.25) is 15.7 Å². The molecule has 0 bridgehead atoms. The summed E-state index contributed by atoms with van der Waals surface area (Å²) >= 11 is 6.06. The van der Waals surface area contributed by atoms with Crippen LogP contribution in [0.5, 0.6) is 0 Å². The maximum Gasteiger partial charge on any atom is 0.168 e. The minimum Gasteiger partial charge on any atom is -0.354 e. The minimum atomic E-state index is -0.811. The summed E-state index contributed by atoms with van der Waals surface area (Å²) in [6, 6.07) is 4.01. The van der Waals surface area contributed by atoms with Gasteiger partial charge in [-0.1, -0.05) is 30.9 Å². The Morgan fingerprint density at radius 2 is 2.04 bits per heavy atom. The lowest BCUT2D eigenvalue weighted by molar-refractivity contribution is 0.320. The van der Waals surface area contributed by atoms with Gasteiger partial charge in [0.15, 0.2) is 5.79 Å². The van der Waals surface area contributed by atoms with Crippen LogP contribution in [0.4, 0.5) is 0 Å². The Morgan fingerprint density at radius 1 is 1.29 bits per heavy atom. The normalized spacial score (nSPS) is 27.1. The first-order valence-electron chi connectivity index (χ1n) is 8.66. The van der Waals surface area contributed by atoms with Crippen LogP contribution in [0.25, 0.3) is 0 Å². The van der Waals surface area contributed by atoms with Gasteiger partial charge in [-0.05, 0) is 38.8 Å². The summed E-state index contributed by atoms with van der Waals surface area (Å²) in [7, 11) is 0. The number of nitrogens with zero attached hydrogens (tertiary/aromatic N) is 2. The summed E-state index contributed by atoms with van der Waals surface area (Å²) in [6.07, 6.45) is 8.40. The minimum absolute atomic E-state index is 0.399. The fourth-order valence-electron chi connectivity index (χ4n) is 3.38. The predicted octanol–water partition coefficient (Wildman–Crippen LogP) is 3.11. The van der Waals surface area contributed by atoms with E-state index < -0.39 is 5.79 Å². The van der Waals surface area contributed by atoms with Crippen molar-refractivity contribution in [3.05, 3.63) is 40.3 Å². The molecule has 6 heteroatoms. The fraction of sp³-hybridized carbons (Fsp3) is 0.556. The Bertz CT molecular complexity index is 663. The van der Waals surface area contributed by atoms with E-state index in [9.17, 15) is 0 Å². The molecule has 5 nitrogen and oxygen atoms in total. The van der Waals surface area contributed by atoms with Gasteiger partial charge in [0.05, 0.1) is 6.04 Å². The molecule has 1 aromatic rings. The second-order valence-electron chi connectivity index (χ2n) is 6.88. The van der Waals surface area contributed by atoms with Crippen molar-refractivity contribution in [3.63, 3.8) is 0 Å². The van der Waals surface area contributed by atoms with E-state index in [1.165, 1.54) is 32.1 Å². The van der Waals surface area contributed by atoms with Crippen molar-refractivity contribution in [2.75, 3.05) is 0 Å². The third-order valence-electron chi connectivity index (χ3n) is 4.79. The van der Waals surface area contributed by atoms with Gasteiger partial charge in [0.1, 0.15) is 5.84 Å². The number of rotatable bonds is 3. The third-order valence-corrected chi connectivity index (χ3v) is 5.03. The van der Waals surface area contributed by atoms with Gasteiger partial charge in [0.2, 0.25) is 0 Å². The third kappa shape index (κ3) is 4.08. The summed E-state index contributed by atoms with van der Waals surface area (Å²) in [5, 5.41) is 7.43. The molecule has 4 N–H and O–H groups in total. The fourth-order valence-corrected chi connectivity index (χ4v) is 3.57. The topological polar surface area (TPSA) is 75.3 Å². The first kappa shape index (κ1) is 17.2. The molecule has 0 radical (unpaired) electrons. The highest BCUT2D eigenvalue weighted by Gasteiger charge is 2.32. The number of nitrogens with two attached hydrogens (primary N) is 1. The second-order valence-corrected chi connectivity index (χ2v) is 7.32. The second kappa shape index (κ2) is 7.11. The quantitative estimate of drug-likeness (QED) is 0.785. The lowest BCUT2D eigenvalue weighted by Crippen LogP contribution is -2.69. The van der Waals surface area contributed by atoms with E-state index in [0.29, 0.717) is 17.5 Å². The van der Waals surface area contributed by atoms with E-state index in [0.717, 1.165) is 22.8 Å². The number of aliphatic imine (C=N–C) groups is 1. The highest BCUT2D eigenvalue weighted by Crippen LogP contribution is 2.23. The molecule has 1 aliphatic carbocycles. The monoisotopic (exact) mass is 347 g/mol. The molecule has 0 amide bonds. The van der Waals surface area contributed by atoms with E-state index in [1.54, 1.807) is 12.3 Å². The van der Waals surface area contributed by atoms with Crippen LogP contribution in [0, 0.1) is 0 Å². The van der Waals surface area contributed by atoms with E-state index in [1.807, 2.05) is 13.0 Å². The van der Waals surface area contributed by atoms with Crippen molar-refractivity contribution in [2.24, 2.45) is 10.7 Å². The Labute approximate surface area is 148 Å². The van der Waals surface area contributed by atoms with Gasteiger partial charge in [-0.25, -0.2) is 0 Å². The number of pyridine rings is 1. The van der Waals surface area contributed by atoms with Crippen molar-refractivity contribution >= 4 is 17.4 Å². The van der Waals surface area contributed by atoms with Crippen LogP contribution in [0.15, 0.2) is 34.6 Å². The van der Waals surface area contributed by atoms with Gasteiger partial charge in [-0.2, -0.15) is 0 Å². The lowest BCUT2D eigenvalue weighted by Gasteiger charge is -2.39. The zero-order chi connectivity index (χ0) is 17.2. The molecule has 0 aromatic carbocycles. The molecule has 130 valence electrons. The number of allylic oxidation sites excluding steroid dienone is 1. The van der Waals surface area contributed by atoms with Gasteiger partial charge in [0, 0.05) is 34.6 Å². The van der Waals surface area contributed by atoms with Crippen LogP contribution in [-0.2, 0) is 6.42 Å². The highest BCUT2D eigenvalue weighted by atomic mass is 35.5. The predicted molar refractivity (Wildman–Crippen MR) is 98.8 cm³/mol. The lowest BCUT2D eigenvalue weighted by atomic mass is 9.95. The van der Waals surface area contributed by atoms with Crippen LogP contribution in [0.1, 0.15) is 51.6 Å². The largest absolute Gasteiger partial charge is 0.354 e. The van der Waals surface area contributed by atoms with E-state index >= 15 is 0 Å². The number of aromatic nitrogens is 1. The van der Waals surface area contributed by atoms with Crippen molar-refractivity contribution < 1.29 is 0 Å². The van der Waals surface area contributed by atoms with Gasteiger partial charge in [-0.15, -0.1) is 0 Å². The summed E-state index contributed by atoms with van der Waals surface area (Å²) in [4.78, 5) is 9.33. The van der Waals surface area contributed by atoms with Gasteiger partial charge in [0.25, 0.3) is 0 Å². The number of halogens is 1. The Balaban J connectivity index is 1.81. The molecule has 2 heterocycles. The van der Waals surface area contributed by atoms with Crippen LogP contribution in [0.2, 0.25) is 5.02 Å². The van der Waals surface area contributed by atoms with Crippen molar-refractivity contribution in [1.82, 2.24) is 15.6 Å². The van der Waals surface area contributed by atoms with Gasteiger partial charge < -0.3 is 10.6 Å². The molecule has 1 atom stereocenters. The molecule has 0 saturated heterocycles. The smallest absolute Gasteiger partial charge is 0.168 e. The average Bonchev–Trinajstić information content (AvgIpc) is 2.53. The zero-order valence-corrected chi connectivity index (χ0v) is 15.2. The summed E-state index contributed by atoms with van der Waals surface area (Å²) < 4.78 is 0. The molecule has 1 fully saturated rings. The Kier molecular flexibility index (Phi) is 5.11. The SMILES string of the molecule is CC1=C(C)C(=NC2CCCCC2)NC(N)(Cc2cc(Cl)ccn2)N1. The molecule has 1 aliphatic heterocycles. The molecule has 1 saturated carbocycles. The van der Waals surface area contributed by atoms with Crippen molar-refractivity contribution in [2.45, 2.75) is 64.2 Å². The number of nitrogens with one attached hydrogen (secondary N) is 2.